The third-order valence-corrected chi connectivity index (χ3v) is 6.05. The summed E-state index contributed by atoms with van der Waals surface area (Å²) in [7, 11) is 4.26. The summed E-state index contributed by atoms with van der Waals surface area (Å²) in [5.41, 5.74) is 2.89. The van der Waals surface area contributed by atoms with E-state index in [0.717, 1.165) is 50.2 Å². The quantitative estimate of drug-likeness (QED) is 0.895. The molecule has 1 fully saturated rings. The Bertz CT molecular complexity index is 644. The fourth-order valence-electron chi connectivity index (χ4n) is 4.81. The lowest BCUT2D eigenvalue weighted by molar-refractivity contribution is -0.00705. The second-order valence-electron chi connectivity index (χ2n) is 9.05. The molecule has 0 bridgehead atoms. The van der Waals surface area contributed by atoms with Crippen molar-refractivity contribution in [2.75, 3.05) is 33.7 Å². The van der Waals surface area contributed by atoms with Crippen LogP contribution in [0.1, 0.15) is 68.4 Å². The minimum absolute atomic E-state index is 0.0274. The number of aromatic nitrogens is 2. The molecule has 0 unspecified atom stereocenters. The number of hydrogen-bond donors (Lipinski definition) is 1. The van der Waals surface area contributed by atoms with Gasteiger partial charge in [-0.1, -0.05) is 13.8 Å². The number of carbonyl (C=O) groups is 1. The van der Waals surface area contributed by atoms with Gasteiger partial charge in [-0.25, -0.2) is 0 Å². The molecule has 0 spiro atoms. The Labute approximate surface area is 157 Å². The lowest BCUT2D eigenvalue weighted by Crippen LogP contribution is -2.45. The van der Waals surface area contributed by atoms with E-state index in [1.807, 2.05) is 11.8 Å². The molecule has 0 saturated carbocycles. The van der Waals surface area contributed by atoms with Crippen LogP contribution < -0.4 is 0 Å². The van der Waals surface area contributed by atoms with Crippen LogP contribution in [0.15, 0.2) is 0 Å². The van der Waals surface area contributed by atoms with E-state index in [9.17, 15) is 4.79 Å². The number of carbonyl (C=O) groups excluding carboxylic acids is 1. The molecule has 2 aliphatic rings. The molecule has 2 atom stereocenters. The van der Waals surface area contributed by atoms with Gasteiger partial charge < -0.3 is 14.5 Å². The molecule has 1 N–H and O–H groups in total. The number of nitrogens with zero attached hydrogens (tertiary/aromatic N) is 3. The maximum absolute atomic E-state index is 13.1. The highest BCUT2D eigenvalue weighted by Gasteiger charge is 2.36. The number of amides is 1. The number of likely N-dealkylation sites (tertiary alicyclic amines) is 1. The van der Waals surface area contributed by atoms with Crippen LogP contribution in [0, 0.1) is 11.3 Å². The van der Waals surface area contributed by atoms with Crippen molar-refractivity contribution in [1.29, 1.82) is 0 Å². The molecule has 1 aromatic rings. The molecule has 26 heavy (non-hydrogen) atoms. The van der Waals surface area contributed by atoms with Gasteiger partial charge in [0.25, 0.3) is 5.91 Å². The van der Waals surface area contributed by atoms with Crippen molar-refractivity contribution in [2.24, 2.45) is 11.3 Å². The van der Waals surface area contributed by atoms with Crippen LogP contribution in [0.5, 0.6) is 0 Å². The molecule has 1 amide bonds. The van der Waals surface area contributed by atoms with Crippen molar-refractivity contribution in [1.82, 2.24) is 20.0 Å². The van der Waals surface area contributed by atoms with Gasteiger partial charge in [-0.15, -0.1) is 0 Å². The Morgan fingerprint density at radius 3 is 2.58 bits per heavy atom. The average molecular weight is 363 g/mol. The van der Waals surface area contributed by atoms with Gasteiger partial charge in [0, 0.05) is 31.6 Å². The summed E-state index contributed by atoms with van der Waals surface area (Å²) in [6.07, 6.45) is 2.98. The summed E-state index contributed by atoms with van der Waals surface area (Å²) in [6, 6.07) is 0. The van der Waals surface area contributed by atoms with Gasteiger partial charge in [0.15, 0.2) is 5.69 Å². The van der Waals surface area contributed by atoms with E-state index >= 15 is 0 Å². The molecule has 146 valence electrons. The van der Waals surface area contributed by atoms with E-state index in [-0.39, 0.29) is 23.5 Å². The van der Waals surface area contributed by atoms with E-state index < -0.39 is 0 Å². The number of rotatable bonds is 4. The zero-order chi connectivity index (χ0) is 19.1. The second-order valence-corrected chi connectivity index (χ2v) is 9.05. The molecule has 2 aliphatic heterocycles. The number of ether oxygens (including phenoxy) is 1. The maximum atomic E-state index is 13.1. The molecule has 0 aromatic carbocycles. The number of aromatic amines is 1. The lowest BCUT2D eigenvalue weighted by Gasteiger charge is -2.42. The second kappa shape index (κ2) is 7.31. The minimum atomic E-state index is -0.0274. The molecular formula is C20H34N4O2. The number of fused-ring (bicyclic) bond motifs is 1. The topological polar surface area (TPSA) is 61.5 Å². The standard InChI is InChI=1S/C20H34N4O2/c1-13-11-16-17(14(2)26-13)21-22-18(16)19(25)24-9-7-15(8-10-24)20(3,4)12-23(5)6/h13-15H,7-12H2,1-6H3,(H,21,22)/t13-,14+/m1/s1. The van der Waals surface area contributed by atoms with E-state index in [4.69, 9.17) is 4.74 Å². The lowest BCUT2D eigenvalue weighted by atomic mass is 9.73. The highest BCUT2D eigenvalue weighted by molar-refractivity contribution is 5.94. The molecule has 6 heteroatoms. The van der Waals surface area contributed by atoms with Crippen molar-refractivity contribution in [2.45, 2.75) is 59.2 Å². The average Bonchev–Trinajstić information content (AvgIpc) is 2.97. The highest BCUT2D eigenvalue weighted by Crippen LogP contribution is 2.36. The Morgan fingerprint density at radius 1 is 1.31 bits per heavy atom. The number of piperidine rings is 1. The SMILES string of the molecule is C[C@@H]1Cc2c(C(=O)N3CCC(C(C)(C)CN(C)C)CC3)n[nH]c2[C@H](C)O1. The fraction of sp³-hybridized carbons (Fsp3) is 0.800. The smallest absolute Gasteiger partial charge is 0.274 e. The first-order valence-electron chi connectivity index (χ1n) is 9.85. The van der Waals surface area contributed by atoms with Crippen LogP contribution >= 0.6 is 0 Å². The summed E-state index contributed by atoms with van der Waals surface area (Å²) in [5, 5.41) is 7.41. The first-order chi connectivity index (χ1) is 12.2. The van der Waals surface area contributed by atoms with Gasteiger partial charge in [-0.2, -0.15) is 5.10 Å². The Balaban J connectivity index is 1.67. The van der Waals surface area contributed by atoms with Crippen LogP contribution in [-0.4, -0.2) is 65.7 Å². The van der Waals surface area contributed by atoms with Crippen molar-refractivity contribution < 1.29 is 9.53 Å². The monoisotopic (exact) mass is 362 g/mol. The number of hydrogen-bond acceptors (Lipinski definition) is 4. The van der Waals surface area contributed by atoms with Gasteiger partial charge in [-0.05, 0) is 52.1 Å². The third kappa shape index (κ3) is 3.81. The summed E-state index contributed by atoms with van der Waals surface area (Å²) in [4.78, 5) is 17.3. The van der Waals surface area contributed by atoms with Gasteiger partial charge >= 0.3 is 0 Å². The molecule has 0 aliphatic carbocycles. The molecule has 3 rings (SSSR count). The van der Waals surface area contributed by atoms with Crippen molar-refractivity contribution in [3.8, 4) is 0 Å². The number of H-pyrrole nitrogens is 1. The first-order valence-corrected chi connectivity index (χ1v) is 9.85. The molecule has 0 radical (unpaired) electrons. The largest absolute Gasteiger partial charge is 0.369 e. The normalized spacial score (nSPS) is 24.8. The minimum Gasteiger partial charge on any atom is -0.369 e. The van der Waals surface area contributed by atoms with Crippen molar-refractivity contribution >= 4 is 5.91 Å². The first kappa shape index (κ1) is 19.4. The van der Waals surface area contributed by atoms with E-state index in [1.165, 1.54) is 0 Å². The van der Waals surface area contributed by atoms with Crippen molar-refractivity contribution in [3.05, 3.63) is 17.0 Å². The summed E-state index contributed by atoms with van der Waals surface area (Å²) < 4.78 is 5.83. The Hall–Kier alpha value is -1.40. The van der Waals surface area contributed by atoms with Gasteiger partial charge in [-0.3, -0.25) is 9.89 Å². The van der Waals surface area contributed by atoms with Gasteiger partial charge in [0.2, 0.25) is 0 Å². The summed E-state index contributed by atoms with van der Waals surface area (Å²) in [5.74, 6) is 0.725. The van der Waals surface area contributed by atoms with Gasteiger partial charge in [0.1, 0.15) is 0 Å². The maximum Gasteiger partial charge on any atom is 0.274 e. The highest BCUT2D eigenvalue weighted by atomic mass is 16.5. The van der Waals surface area contributed by atoms with E-state index in [1.54, 1.807) is 0 Å². The molecular weight excluding hydrogens is 328 g/mol. The molecule has 6 nitrogen and oxygen atoms in total. The molecule has 3 heterocycles. The predicted octanol–water partition coefficient (Wildman–Crippen LogP) is 2.87. The van der Waals surface area contributed by atoms with E-state index in [2.05, 4.69) is 50.0 Å². The Kier molecular flexibility index (Phi) is 5.45. The van der Waals surface area contributed by atoms with Crippen LogP contribution in [0.3, 0.4) is 0 Å². The van der Waals surface area contributed by atoms with Crippen LogP contribution in [0.25, 0.3) is 0 Å². The Morgan fingerprint density at radius 2 is 1.96 bits per heavy atom. The van der Waals surface area contributed by atoms with Gasteiger partial charge in [0.05, 0.1) is 17.9 Å². The molecule has 1 aromatic heterocycles. The zero-order valence-corrected chi connectivity index (χ0v) is 17.1. The van der Waals surface area contributed by atoms with E-state index in [0.29, 0.717) is 11.6 Å². The van der Waals surface area contributed by atoms with Crippen LogP contribution in [0.2, 0.25) is 0 Å². The summed E-state index contributed by atoms with van der Waals surface area (Å²) in [6.45, 7) is 11.5. The third-order valence-electron chi connectivity index (χ3n) is 6.05. The predicted molar refractivity (Wildman–Crippen MR) is 102 cm³/mol. The van der Waals surface area contributed by atoms with Crippen LogP contribution in [0.4, 0.5) is 0 Å². The summed E-state index contributed by atoms with van der Waals surface area (Å²) >= 11 is 0. The fourth-order valence-corrected chi connectivity index (χ4v) is 4.81. The van der Waals surface area contributed by atoms with Crippen molar-refractivity contribution in [3.63, 3.8) is 0 Å². The molecule has 1 saturated heterocycles. The zero-order valence-electron chi connectivity index (χ0n) is 17.1. The van der Waals surface area contributed by atoms with Crippen LogP contribution in [-0.2, 0) is 11.2 Å². The number of nitrogens with one attached hydrogen (secondary N) is 1.